The van der Waals surface area contributed by atoms with E-state index >= 15 is 0 Å². The molecule has 0 saturated heterocycles. The summed E-state index contributed by atoms with van der Waals surface area (Å²) >= 11 is 0. The van der Waals surface area contributed by atoms with Crippen molar-refractivity contribution in [3.63, 3.8) is 0 Å². The molecule has 0 spiro atoms. The highest BCUT2D eigenvalue weighted by atomic mass is 16.6. The number of esters is 1. The lowest BCUT2D eigenvalue weighted by atomic mass is 9.84. The number of rotatable bonds is 11. The molecule has 1 heterocycles. The van der Waals surface area contributed by atoms with Crippen LogP contribution in [-0.2, 0) is 16.0 Å². The Hall–Kier alpha value is -4.19. The van der Waals surface area contributed by atoms with E-state index in [0.29, 0.717) is 40.7 Å². The zero-order valence-electron chi connectivity index (χ0n) is 21.9. The Balaban J connectivity index is 1.30. The van der Waals surface area contributed by atoms with Gasteiger partial charge in [-0.3, -0.25) is 4.79 Å². The standard InChI is InChI=1S/C32H32O6/c1-4-24(26-7-5-23(6-8-26)18-22(3)33)17-21(2)25-9-12-28(13-10-25)37-32(35)20-36-29-14-15-30-27(19-29)11-16-31(34)38-30/h5-16,19,21,24H,4,17-18,20H2,1-3H3. The topological polar surface area (TPSA) is 82.8 Å². The van der Waals surface area contributed by atoms with Crippen LogP contribution in [0.3, 0.4) is 0 Å². The minimum absolute atomic E-state index is 0.169. The van der Waals surface area contributed by atoms with Gasteiger partial charge in [0.1, 0.15) is 22.9 Å². The molecule has 0 aliphatic carbocycles. The molecule has 2 atom stereocenters. The van der Waals surface area contributed by atoms with Gasteiger partial charge >= 0.3 is 11.6 Å². The van der Waals surface area contributed by atoms with Crippen molar-refractivity contribution in [2.45, 2.75) is 51.9 Å². The molecule has 38 heavy (non-hydrogen) atoms. The van der Waals surface area contributed by atoms with Crippen LogP contribution in [0.5, 0.6) is 11.5 Å². The largest absolute Gasteiger partial charge is 0.482 e. The first-order valence-corrected chi connectivity index (χ1v) is 12.9. The van der Waals surface area contributed by atoms with Gasteiger partial charge in [-0.25, -0.2) is 9.59 Å². The molecule has 6 heteroatoms. The SMILES string of the molecule is CCC(CC(C)c1ccc(OC(=O)COc2ccc3oc(=O)ccc3c2)cc1)c1ccc(CC(C)=O)cc1. The Morgan fingerprint density at radius 1 is 0.868 bits per heavy atom. The second-order valence-electron chi connectivity index (χ2n) is 9.65. The molecule has 3 aromatic carbocycles. The molecule has 6 nitrogen and oxygen atoms in total. The van der Waals surface area contributed by atoms with Gasteiger partial charge in [0.15, 0.2) is 6.61 Å². The van der Waals surface area contributed by atoms with Gasteiger partial charge in [-0.05, 0) is 84.7 Å². The average Bonchev–Trinajstić information content (AvgIpc) is 2.91. The van der Waals surface area contributed by atoms with Crippen molar-refractivity contribution in [2.75, 3.05) is 6.61 Å². The van der Waals surface area contributed by atoms with Crippen molar-refractivity contribution in [2.24, 2.45) is 0 Å². The van der Waals surface area contributed by atoms with Gasteiger partial charge in [-0.15, -0.1) is 0 Å². The fourth-order valence-corrected chi connectivity index (χ4v) is 4.60. The highest BCUT2D eigenvalue weighted by Gasteiger charge is 2.16. The van der Waals surface area contributed by atoms with Crippen LogP contribution in [0.4, 0.5) is 0 Å². The molecule has 4 rings (SSSR count). The van der Waals surface area contributed by atoms with Gasteiger partial charge in [0, 0.05) is 17.9 Å². The van der Waals surface area contributed by atoms with Crippen LogP contribution in [0, 0.1) is 0 Å². The Morgan fingerprint density at radius 2 is 1.55 bits per heavy atom. The van der Waals surface area contributed by atoms with Gasteiger partial charge in [0.2, 0.25) is 0 Å². The van der Waals surface area contributed by atoms with Crippen molar-refractivity contribution >= 4 is 22.7 Å². The molecule has 0 aliphatic heterocycles. The van der Waals surface area contributed by atoms with E-state index in [9.17, 15) is 14.4 Å². The second kappa shape index (κ2) is 12.4. The van der Waals surface area contributed by atoms with Crippen molar-refractivity contribution in [1.29, 1.82) is 0 Å². The van der Waals surface area contributed by atoms with Gasteiger partial charge in [0.05, 0.1) is 0 Å². The molecule has 0 fully saturated rings. The summed E-state index contributed by atoms with van der Waals surface area (Å²) in [6.45, 7) is 5.77. The number of fused-ring (bicyclic) bond motifs is 1. The Labute approximate surface area is 222 Å². The Kier molecular flexibility index (Phi) is 8.74. The molecule has 0 aliphatic rings. The van der Waals surface area contributed by atoms with E-state index in [-0.39, 0.29) is 12.4 Å². The number of hydrogen-bond donors (Lipinski definition) is 0. The van der Waals surface area contributed by atoms with Crippen LogP contribution < -0.4 is 15.1 Å². The normalized spacial score (nSPS) is 12.6. The van der Waals surface area contributed by atoms with Crippen LogP contribution in [0.1, 0.15) is 62.1 Å². The summed E-state index contributed by atoms with van der Waals surface area (Å²) in [4.78, 5) is 35.0. The molecule has 0 bridgehead atoms. The third-order valence-electron chi connectivity index (χ3n) is 6.66. The van der Waals surface area contributed by atoms with Gasteiger partial charge < -0.3 is 13.9 Å². The summed E-state index contributed by atoms with van der Waals surface area (Å²) < 4.78 is 16.1. The van der Waals surface area contributed by atoms with E-state index in [2.05, 4.69) is 38.1 Å². The zero-order chi connectivity index (χ0) is 27.1. The fraction of sp³-hybridized carbons (Fsp3) is 0.281. The monoisotopic (exact) mass is 512 g/mol. The molecular weight excluding hydrogens is 480 g/mol. The first-order chi connectivity index (χ1) is 18.3. The summed E-state index contributed by atoms with van der Waals surface area (Å²) in [5, 5.41) is 0.704. The molecule has 2 unspecified atom stereocenters. The zero-order valence-corrected chi connectivity index (χ0v) is 21.9. The average molecular weight is 513 g/mol. The smallest absolute Gasteiger partial charge is 0.349 e. The highest BCUT2D eigenvalue weighted by molar-refractivity contribution is 5.79. The van der Waals surface area contributed by atoms with E-state index in [1.54, 1.807) is 43.3 Å². The number of Topliss-reactive ketones (excluding diaryl/α,β-unsaturated/α-hetero) is 1. The van der Waals surface area contributed by atoms with Crippen LogP contribution in [0.2, 0.25) is 0 Å². The quantitative estimate of drug-likeness (QED) is 0.128. The summed E-state index contributed by atoms with van der Waals surface area (Å²) in [5.74, 6) is 1.33. The maximum absolute atomic E-state index is 12.3. The molecule has 0 radical (unpaired) electrons. The second-order valence-corrected chi connectivity index (χ2v) is 9.65. The number of ether oxygens (including phenoxy) is 2. The molecular formula is C32H32O6. The highest BCUT2D eigenvalue weighted by Crippen LogP contribution is 2.33. The molecule has 0 N–H and O–H groups in total. The van der Waals surface area contributed by atoms with Crippen LogP contribution >= 0.6 is 0 Å². The molecule has 0 saturated carbocycles. The third-order valence-corrected chi connectivity index (χ3v) is 6.66. The van der Waals surface area contributed by atoms with E-state index in [1.165, 1.54) is 17.2 Å². The molecule has 1 aromatic heterocycles. The van der Waals surface area contributed by atoms with Gasteiger partial charge in [-0.1, -0.05) is 50.2 Å². The number of hydrogen-bond acceptors (Lipinski definition) is 6. The number of carbonyl (C=O) groups is 2. The minimum atomic E-state index is -0.509. The summed E-state index contributed by atoms with van der Waals surface area (Å²) in [6, 6.07) is 23.9. The third kappa shape index (κ3) is 7.19. The Morgan fingerprint density at radius 3 is 2.24 bits per heavy atom. The van der Waals surface area contributed by atoms with Gasteiger partial charge in [-0.2, -0.15) is 0 Å². The number of benzene rings is 3. The fourth-order valence-electron chi connectivity index (χ4n) is 4.60. The van der Waals surface area contributed by atoms with Crippen LogP contribution in [-0.4, -0.2) is 18.4 Å². The number of ketones is 1. The predicted octanol–water partition coefficient (Wildman–Crippen LogP) is 6.60. The van der Waals surface area contributed by atoms with E-state index in [4.69, 9.17) is 13.9 Å². The summed E-state index contributed by atoms with van der Waals surface area (Å²) in [7, 11) is 0. The van der Waals surface area contributed by atoms with Gasteiger partial charge in [0.25, 0.3) is 0 Å². The maximum atomic E-state index is 12.3. The van der Waals surface area contributed by atoms with Crippen molar-refractivity contribution in [3.05, 3.63) is 106 Å². The maximum Gasteiger partial charge on any atom is 0.349 e. The lowest BCUT2D eigenvalue weighted by molar-refractivity contribution is -0.136. The van der Waals surface area contributed by atoms with Crippen LogP contribution in [0.15, 0.2) is 88.1 Å². The van der Waals surface area contributed by atoms with Crippen molar-refractivity contribution < 1.29 is 23.5 Å². The molecule has 196 valence electrons. The summed E-state index contributed by atoms with van der Waals surface area (Å²) in [5.41, 5.74) is 3.54. The van der Waals surface area contributed by atoms with E-state index in [0.717, 1.165) is 18.4 Å². The molecule has 0 amide bonds. The first-order valence-electron chi connectivity index (χ1n) is 12.9. The van der Waals surface area contributed by atoms with Crippen LogP contribution in [0.25, 0.3) is 11.0 Å². The first kappa shape index (κ1) is 26.9. The lowest BCUT2D eigenvalue weighted by Gasteiger charge is -2.21. The van der Waals surface area contributed by atoms with Crippen molar-refractivity contribution in [1.82, 2.24) is 0 Å². The van der Waals surface area contributed by atoms with E-state index in [1.807, 2.05) is 12.1 Å². The predicted molar refractivity (Wildman–Crippen MR) is 147 cm³/mol. The molecule has 4 aromatic rings. The van der Waals surface area contributed by atoms with E-state index < -0.39 is 11.6 Å². The minimum Gasteiger partial charge on any atom is -0.482 e. The van der Waals surface area contributed by atoms with Crippen molar-refractivity contribution in [3.8, 4) is 11.5 Å². The Bertz CT molecular complexity index is 1450. The lowest BCUT2D eigenvalue weighted by Crippen LogP contribution is -2.17. The number of carbonyl (C=O) groups excluding carboxylic acids is 2. The summed E-state index contributed by atoms with van der Waals surface area (Å²) in [6.07, 6.45) is 2.49.